The van der Waals surface area contributed by atoms with Crippen molar-refractivity contribution in [3.05, 3.63) is 0 Å². The molecule has 0 saturated heterocycles. The molecule has 0 unspecified atom stereocenters. The predicted molar refractivity (Wildman–Crippen MR) is 43.4 cm³/mol. The Morgan fingerprint density at radius 1 is 0.154 bits per heavy atom. The first-order valence-corrected chi connectivity index (χ1v) is 0. The van der Waals surface area contributed by atoms with Gasteiger partial charge < -0.3 is 65.7 Å². The van der Waals surface area contributed by atoms with Gasteiger partial charge >= 0.3 is 29.6 Å². The molecule has 0 radical (unpaired) electrons. The van der Waals surface area contributed by atoms with Crippen molar-refractivity contribution in [1.29, 1.82) is 0 Å². The third kappa shape index (κ3) is 5120. The second-order valence-corrected chi connectivity index (χ2v) is 0. The van der Waals surface area contributed by atoms with E-state index in [1.165, 1.54) is 0 Å². The minimum Gasteiger partial charge on any atom is -0.412 e. The summed E-state index contributed by atoms with van der Waals surface area (Å²) in [6.07, 6.45) is 0. The minimum absolute atomic E-state index is 0. The summed E-state index contributed by atoms with van der Waals surface area (Å²) in [5.41, 5.74) is 0. The Hall–Kier alpha value is 0.520. The van der Waals surface area contributed by atoms with E-state index in [4.69, 9.17) is 0 Å². The first kappa shape index (κ1) is 7840. The number of hydrogen-bond acceptors (Lipinski definition) is 0. The minimum atomic E-state index is 0. The Bertz CT molecular complexity index is 5.09. The average Bonchev–Trinajstić information content (AvgIpc) is 0. The standard InChI is InChI=1S/Na.12H2O/h;12*1H2/q+1;;;;;;;;;;;;. The third-order valence-electron chi connectivity index (χ3n) is 0. The van der Waals surface area contributed by atoms with Crippen molar-refractivity contribution >= 4 is 0 Å². The molecular formula is H24NaO12+. The Morgan fingerprint density at radius 3 is 0.154 bits per heavy atom. The van der Waals surface area contributed by atoms with Gasteiger partial charge in [0, 0.05) is 0 Å². The second-order valence-electron chi connectivity index (χ2n) is 0. The Labute approximate surface area is 95.6 Å². The topological polar surface area (TPSA) is 378 Å². The largest absolute Gasteiger partial charge is 1.00 e. The molecule has 0 heterocycles. The molecule has 13 heavy (non-hydrogen) atoms. The van der Waals surface area contributed by atoms with Crippen molar-refractivity contribution in [2.45, 2.75) is 0 Å². The molecule has 0 aromatic rings. The molecule has 0 aromatic heterocycles. The van der Waals surface area contributed by atoms with Crippen LogP contribution >= 0.6 is 0 Å². The van der Waals surface area contributed by atoms with Crippen molar-refractivity contribution in [3.8, 4) is 0 Å². The van der Waals surface area contributed by atoms with Gasteiger partial charge in [0.2, 0.25) is 0 Å². The van der Waals surface area contributed by atoms with Crippen LogP contribution in [0.1, 0.15) is 0 Å². The van der Waals surface area contributed by atoms with Crippen LogP contribution in [0, 0.1) is 0 Å². The van der Waals surface area contributed by atoms with Crippen LogP contribution in [0.4, 0.5) is 0 Å². The van der Waals surface area contributed by atoms with Crippen LogP contribution in [0.3, 0.4) is 0 Å². The maximum Gasteiger partial charge on any atom is 1.00 e. The Balaban J connectivity index is 0. The predicted octanol–water partition coefficient (Wildman–Crippen LogP) is -12.9. The molecule has 13 heteroatoms. The molecule has 0 aromatic carbocycles. The van der Waals surface area contributed by atoms with Gasteiger partial charge in [-0.05, 0) is 0 Å². The van der Waals surface area contributed by atoms with E-state index in [0.717, 1.165) is 0 Å². The zero-order valence-electron chi connectivity index (χ0n) is 7.00. The quantitative estimate of drug-likeness (QED) is 0.355. The van der Waals surface area contributed by atoms with Crippen LogP contribution in [-0.4, -0.2) is 65.7 Å². The molecule has 96 valence electrons. The van der Waals surface area contributed by atoms with Gasteiger partial charge in [0.25, 0.3) is 0 Å². The molecule has 0 rings (SSSR count). The average molecular weight is 239 g/mol. The van der Waals surface area contributed by atoms with E-state index in [9.17, 15) is 0 Å². The summed E-state index contributed by atoms with van der Waals surface area (Å²) in [4.78, 5) is 0. The molecular weight excluding hydrogens is 215 g/mol. The molecule has 0 aliphatic carbocycles. The van der Waals surface area contributed by atoms with Crippen LogP contribution in [-0.2, 0) is 0 Å². The molecule has 24 N–H and O–H groups in total. The molecule has 12 nitrogen and oxygen atoms in total. The Morgan fingerprint density at radius 2 is 0.154 bits per heavy atom. The van der Waals surface area contributed by atoms with E-state index in [1.54, 1.807) is 0 Å². The fourth-order valence-corrected chi connectivity index (χ4v) is 0. The normalized spacial score (nSPS) is 0. The van der Waals surface area contributed by atoms with Crippen molar-refractivity contribution in [2.75, 3.05) is 0 Å². The summed E-state index contributed by atoms with van der Waals surface area (Å²) in [5, 5.41) is 0. The van der Waals surface area contributed by atoms with Crippen LogP contribution < -0.4 is 29.6 Å². The summed E-state index contributed by atoms with van der Waals surface area (Å²) in [6, 6.07) is 0. The fraction of sp³-hybridized carbons (Fsp3) is 0. The molecule has 0 aliphatic heterocycles. The summed E-state index contributed by atoms with van der Waals surface area (Å²) in [5.74, 6) is 0. The summed E-state index contributed by atoms with van der Waals surface area (Å²) in [7, 11) is 0. The maximum atomic E-state index is 0. The van der Waals surface area contributed by atoms with Gasteiger partial charge in [0.05, 0.1) is 0 Å². The second kappa shape index (κ2) is 6140. The van der Waals surface area contributed by atoms with E-state index in [2.05, 4.69) is 0 Å². The van der Waals surface area contributed by atoms with Crippen molar-refractivity contribution in [2.24, 2.45) is 0 Å². The van der Waals surface area contributed by atoms with Crippen LogP contribution in [0.15, 0.2) is 0 Å². The summed E-state index contributed by atoms with van der Waals surface area (Å²) < 4.78 is 0. The fourth-order valence-electron chi connectivity index (χ4n) is 0. The first-order valence-electron chi connectivity index (χ1n) is 0. The van der Waals surface area contributed by atoms with Crippen molar-refractivity contribution in [3.63, 3.8) is 0 Å². The van der Waals surface area contributed by atoms with Gasteiger partial charge in [-0.1, -0.05) is 0 Å². The molecule has 0 atom stereocenters. The number of hydrogen-bond donors (Lipinski definition) is 0. The molecule has 0 spiro atoms. The van der Waals surface area contributed by atoms with E-state index in [-0.39, 0.29) is 95.3 Å². The zero-order chi connectivity index (χ0) is 0. The molecule has 0 amide bonds. The molecule has 0 aliphatic rings. The molecule has 0 saturated carbocycles. The van der Waals surface area contributed by atoms with E-state index >= 15 is 0 Å². The molecule has 0 fully saturated rings. The van der Waals surface area contributed by atoms with Crippen LogP contribution in [0.25, 0.3) is 0 Å². The summed E-state index contributed by atoms with van der Waals surface area (Å²) in [6.45, 7) is 0. The monoisotopic (exact) mass is 239 g/mol. The Kier molecular flexibility index (Phi) is 3700000. The smallest absolute Gasteiger partial charge is 0.412 e. The maximum absolute atomic E-state index is 0. The van der Waals surface area contributed by atoms with E-state index in [1.807, 2.05) is 0 Å². The zero-order valence-corrected chi connectivity index (χ0v) is 9.00. The molecule has 0 bridgehead atoms. The van der Waals surface area contributed by atoms with Crippen molar-refractivity contribution < 1.29 is 95.3 Å². The van der Waals surface area contributed by atoms with Gasteiger partial charge in [-0.15, -0.1) is 0 Å². The van der Waals surface area contributed by atoms with E-state index in [0.29, 0.717) is 0 Å². The van der Waals surface area contributed by atoms with E-state index < -0.39 is 0 Å². The van der Waals surface area contributed by atoms with Gasteiger partial charge in [-0.25, -0.2) is 0 Å². The van der Waals surface area contributed by atoms with Crippen molar-refractivity contribution in [1.82, 2.24) is 0 Å². The summed E-state index contributed by atoms with van der Waals surface area (Å²) >= 11 is 0. The SMILES string of the molecule is O.O.O.O.O.O.O.O.O.O.O.O.[Na+]. The van der Waals surface area contributed by atoms with Gasteiger partial charge in [0.1, 0.15) is 0 Å². The first-order chi connectivity index (χ1) is 0. The van der Waals surface area contributed by atoms with Crippen LogP contribution in [0.2, 0.25) is 0 Å². The van der Waals surface area contributed by atoms with Gasteiger partial charge in [-0.2, -0.15) is 0 Å². The number of rotatable bonds is 0. The third-order valence-corrected chi connectivity index (χ3v) is 0. The van der Waals surface area contributed by atoms with Crippen LogP contribution in [0.5, 0.6) is 0 Å². The van der Waals surface area contributed by atoms with Gasteiger partial charge in [-0.3, -0.25) is 0 Å². The van der Waals surface area contributed by atoms with Gasteiger partial charge in [0.15, 0.2) is 0 Å².